The largest absolute Gasteiger partial charge is 0.386 e. The number of nitrogens with zero attached hydrogens (tertiary/aromatic N) is 1. The van der Waals surface area contributed by atoms with E-state index in [2.05, 4.69) is 4.90 Å². The molecule has 0 aliphatic carbocycles. The van der Waals surface area contributed by atoms with Gasteiger partial charge in [0, 0.05) is 42.4 Å². The molecule has 0 radical (unpaired) electrons. The summed E-state index contributed by atoms with van der Waals surface area (Å²) < 4.78 is 16.4. The Hall–Kier alpha value is -2.44. The van der Waals surface area contributed by atoms with Gasteiger partial charge in [0.05, 0.1) is 24.3 Å². The first kappa shape index (κ1) is 14.9. The van der Waals surface area contributed by atoms with Crippen molar-refractivity contribution in [3.8, 4) is 0 Å². The molecule has 0 aromatic heterocycles. The molecule has 2 fully saturated rings. The number of piperidine rings is 1. The zero-order chi connectivity index (χ0) is 17.0. The van der Waals surface area contributed by atoms with Gasteiger partial charge in [-0.3, -0.25) is 0 Å². The van der Waals surface area contributed by atoms with Gasteiger partial charge in [0.15, 0.2) is 5.79 Å². The lowest BCUT2D eigenvalue weighted by atomic mass is 9.94. The summed E-state index contributed by atoms with van der Waals surface area (Å²) in [6, 6.07) is 9.18. The van der Waals surface area contributed by atoms with Crippen molar-refractivity contribution in [2.24, 2.45) is 0 Å². The van der Waals surface area contributed by atoms with Crippen LogP contribution in [0, 0.1) is 0 Å². The minimum absolute atomic E-state index is 0.428. The average molecular weight is 339 g/mol. The smallest absolute Gasteiger partial charge is 0.346 e. The highest BCUT2D eigenvalue weighted by molar-refractivity contribution is 6.22. The number of hydrogen-bond acceptors (Lipinski definition) is 6. The minimum Gasteiger partial charge on any atom is -0.386 e. The summed E-state index contributed by atoms with van der Waals surface area (Å²) in [4.78, 5) is 26.4. The SMILES string of the molecule is O=C1OC(=O)c2ccc(N3CCC4(CC3)OCCO4)c3cccc1c23. The second-order valence-electron chi connectivity index (χ2n) is 6.63. The quantitative estimate of drug-likeness (QED) is 0.587. The summed E-state index contributed by atoms with van der Waals surface area (Å²) in [6.45, 7) is 2.92. The molecule has 0 atom stereocenters. The van der Waals surface area contributed by atoms with Crippen molar-refractivity contribution < 1.29 is 23.8 Å². The Balaban J connectivity index is 1.57. The van der Waals surface area contributed by atoms with Gasteiger partial charge in [0.1, 0.15) is 0 Å². The Bertz CT molecular complexity index is 870. The third kappa shape index (κ3) is 2.18. The van der Waals surface area contributed by atoms with E-state index in [9.17, 15) is 9.59 Å². The van der Waals surface area contributed by atoms with Crippen molar-refractivity contribution >= 4 is 28.4 Å². The monoisotopic (exact) mass is 339 g/mol. The molecule has 3 aliphatic rings. The second-order valence-corrected chi connectivity index (χ2v) is 6.63. The van der Waals surface area contributed by atoms with Crippen molar-refractivity contribution in [2.45, 2.75) is 18.6 Å². The molecule has 2 saturated heterocycles. The third-order valence-corrected chi connectivity index (χ3v) is 5.32. The molecule has 0 saturated carbocycles. The van der Waals surface area contributed by atoms with Crippen LogP contribution in [-0.2, 0) is 14.2 Å². The lowest BCUT2D eigenvalue weighted by Crippen LogP contribution is -2.45. The van der Waals surface area contributed by atoms with Gasteiger partial charge in [-0.05, 0) is 18.2 Å². The fourth-order valence-electron chi connectivity index (χ4n) is 4.08. The molecule has 5 rings (SSSR count). The van der Waals surface area contributed by atoms with E-state index in [4.69, 9.17) is 14.2 Å². The number of carbonyl (C=O) groups excluding carboxylic acids is 2. The zero-order valence-corrected chi connectivity index (χ0v) is 13.6. The van der Waals surface area contributed by atoms with Crippen LogP contribution in [0.2, 0.25) is 0 Å². The predicted octanol–water partition coefficient (Wildman–Crippen LogP) is 2.49. The molecule has 0 amide bonds. The van der Waals surface area contributed by atoms with Gasteiger partial charge < -0.3 is 19.1 Å². The summed E-state index contributed by atoms with van der Waals surface area (Å²) >= 11 is 0. The van der Waals surface area contributed by atoms with E-state index in [1.165, 1.54) is 0 Å². The molecule has 0 N–H and O–H groups in total. The Morgan fingerprint density at radius 2 is 1.56 bits per heavy atom. The number of cyclic esters (lactones) is 2. The molecular formula is C19H17NO5. The fourth-order valence-corrected chi connectivity index (χ4v) is 4.08. The summed E-state index contributed by atoms with van der Waals surface area (Å²) in [5, 5.41) is 1.60. The number of esters is 2. The Morgan fingerprint density at radius 1 is 0.880 bits per heavy atom. The minimum atomic E-state index is -0.578. The molecule has 2 aromatic rings. The highest BCUT2D eigenvalue weighted by Crippen LogP contribution is 2.38. The molecule has 6 heteroatoms. The summed E-state index contributed by atoms with van der Waals surface area (Å²) in [5.74, 6) is -1.58. The van der Waals surface area contributed by atoms with Gasteiger partial charge in [-0.2, -0.15) is 0 Å². The molecule has 2 aromatic carbocycles. The highest BCUT2D eigenvalue weighted by atomic mass is 16.7. The van der Waals surface area contributed by atoms with E-state index in [1.54, 1.807) is 12.1 Å². The molecule has 0 unspecified atom stereocenters. The number of anilines is 1. The number of hydrogen-bond donors (Lipinski definition) is 0. The number of carbonyl (C=O) groups is 2. The van der Waals surface area contributed by atoms with E-state index in [-0.39, 0.29) is 0 Å². The van der Waals surface area contributed by atoms with Gasteiger partial charge in [-0.15, -0.1) is 0 Å². The van der Waals surface area contributed by atoms with Crippen molar-refractivity contribution in [2.75, 3.05) is 31.2 Å². The van der Waals surface area contributed by atoms with Crippen molar-refractivity contribution in [3.63, 3.8) is 0 Å². The van der Waals surface area contributed by atoms with Gasteiger partial charge in [0.25, 0.3) is 0 Å². The molecule has 6 nitrogen and oxygen atoms in total. The van der Waals surface area contributed by atoms with Crippen LogP contribution >= 0.6 is 0 Å². The number of benzene rings is 2. The molecule has 1 spiro atoms. The highest BCUT2D eigenvalue weighted by Gasteiger charge is 2.40. The second kappa shape index (κ2) is 5.28. The summed E-state index contributed by atoms with van der Waals surface area (Å²) in [6.07, 6.45) is 1.60. The average Bonchev–Trinajstić information content (AvgIpc) is 3.08. The van der Waals surface area contributed by atoms with Crippen LogP contribution in [0.5, 0.6) is 0 Å². The number of ether oxygens (including phenoxy) is 3. The molecule has 128 valence electrons. The van der Waals surface area contributed by atoms with Gasteiger partial charge >= 0.3 is 11.9 Å². The van der Waals surface area contributed by atoms with E-state index in [0.29, 0.717) is 29.7 Å². The van der Waals surface area contributed by atoms with E-state index in [0.717, 1.165) is 37.0 Å². The van der Waals surface area contributed by atoms with Crippen LogP contribution < -0.4 is 4.90 Å². The van der Waals surface area contributed by atoms with Gasteiger partial charge in [-0.1, -0.05) is 12.1 Å². The van der Waals surface area contributed by atoms with Crippen LogP contribution in [-0.4, -0.2) is 44.0 Å². The van der Waals surface area contributed by atoms with Crippen LogP contribution in [0.3, 0.4) is 0 Å². The zero-order valence-electron chi connectivity index (χ0n) is 13.6. The normalized spacial score (nSPS) is 21.8. The predicted molar refractivity (Wildman–Crippen MR) is 89.8 cm³/mol. The van der Waals surface area contributed by atoms with Crippen molar-refractivity contribution in [3.05, 3.63) is 41.5 Å². The van der Waals surface area contributed by atoms with Crippen LogP contribution in [0.1, 0.15) is 33.6 Å². The molecule has 25 heavy (non-hydrogen) atoms. The first-order chi connectivity index (χ1) is 12.2. The fraction of sp³-hybridized carbons (Fsp3) is 0.368. The Morgan fingerprint density at radius 3 is 2.28 bits per heavy atom. The topological polar surface area (TPSA) is 65.1 Å². The van der Waals surface area contributed by atoms with E-state index in [1.807, 2.05) is 18.2 Å². The number of rotatable bonds is 1. The van der Waals surface area contributed by atoms with Crippen LogP contribution in [0.15, 0.2) is 30.3 Å². The van der Waals surface area contributed by atoms with Gasteiger partial charge in [-0.25, -0.2) is 9.59 Å². The maximum atomic E-state index is 12.1. The molecular weight excluding hydrogens is 322 g/mol. The van der Waals surface area contributed by atoms with Gasteiger partial charge in [0.2, 0.25) is 0 Å². The lowest BCUT2D eigenvalue weighted by molar-refractivity contribution is -0.169. The lowest BCUT2D eigenvalue weighted by Gasteiger charge is -2.39. The summed E-state index contributed by atoms with van der Waals surface area (Å²) in [5.41, 5.74) is 1.92. The van der Waals surface area contributed by atoms with Crippen molar-refractivity contribution in [1.29, 1.82) is 0 Å². The van der Waals surface area contributed by atoms with Crippen molar-refractivity contribution in [1.82, 2.24) is 0 Å². The molecule has 0 bridgehead atoms. The first-order valence-corrected chi connectivity index (χ1v) is 8.52. The molecule has 3 heterocycles. The molecule has 3 aliphatic heterocycles. The Kier molecular flexibility index (Phi) is 3.14. The maximum absolute atomic E-state index is 12.1. The first-order valence-electron chi connectivity index (χ1n) is 8.52. The Labute approximate surface area is 144 Å². The van der Waals surface area contributed by atoms with E-state index < -0.39 is 17.7 Å². The summed E-state index contributed by atoms with van der Waals surface area (Å²) in [7, 11) is 0. The van der Waals surface area contributed by atoms with E-state index >= 15 is 0 Å². The standard InChI is InChI=1S/C19H17NO5/c21-17-13-3-1-2-12-15(5-4-14(16(12)13)18(22)25-17)20-8-6-19(7-9-20)23-10-11-24-19/h1-5H,6-11H2. The van der Waals surface area contributed by atoms with Crippen LogP contribution in [0.4, 0.5) is 5.69 Å². The van der Waals surface area contributed by atoms with Crippen LogP contribution in [0.25, 0.3) is 10.8 Å². The third-order valence-electron chi connectivity index (χ3n) is 5.32. The maximum Gasteiger partial charge on any atom is 0.346 e.